The monoisotopic (exact) mass is 521 g/mol. The molecule has 0 amide bonds. The van der Waals surface area contributed by atoms with Gasteiger partial charge in [-0.15, -0.1) is 0 Å². The summed E-state index contributed by atoms with van der Waals surface area (Å²) in [5.41, 5.74) is 0.0510. The van der Waals surface area contributed by atoms with Crippen LogP contribution in [0.3, 0.4) is 0 Å². The zero-order chi connectivity index (χ0) is 23.3. The first-order chi connectivity index (χ1) is 15.3. The summed E-state index contributed by atoms with van der Waals surface area (Å²) in [5, 5.41) is 17.4. The van der Waals surface area contributed by atoms with E-state index in [9.17, 15) is 18.5 Å². The van der Waals surface area contributed by atoms with Crippen molar-refractivity contribution in [1.82, 2.24) is 19.3 Å². The van der Waals surface area contributed by atoms with Gasteiger partial charge in [0.05, 0.1) is 9.82 Å². The van der Waals surface area contributed by atoms with E-state index in [1.165, 1.54) is 34.9 Å². The van der Waals surface area contributed by atoms with E-state index in [1.54, 1.807) is 32.2 Å². The summed E-state index contributed by atoms with van der Waals surface area (Å²) in [5.74, 6) is 0.277. The number of hydrogen-bond acceptors (Lipinski definition) is 9. The lowest BCUT2D eigenvalue weighted by Crippen LogP contribution is -2.30. The Morgan fingerprint density at radius 2 is 1.62 bits per heavy atom. The van der Waals surface area contributed by atoms with E-state index in [2.05, 4.69) is 41.5 Å². The first-order valence-corrected chi connectivity index (χ1v) is 11.7. The van der Waals surface area contributed by atoms with Crippen molar-refractivity contribution in [2.75, 3.05) is 23.7 Å². The first-order valence-electron chi connectivity index (χ1n) is 9.51. The number of benzene rings is 1. The molecule has 0 spiro atoms. The second-order valence-corrected chi connectivity index (χ2v) is 9.26. The molecule has 0 saturated heterocycles. The van der Waals surface area contributed by atoms with Crippen LogP contribution in [0.15, 0.2) is 58.3 Å². The zero-order valence-corrected chi connectivity index (χ0v) is 19.6. The highest BCUT2D eigenvalue weighted by Crippen LogP contribution is 2.33. The predicted molar refractivity (Wildman–Crippen MR) is 124 cm³/mol. The maximum atomic E-state index is 12.6. The molecule has 2 N–H and O–H groups in total. The Hall–Kier alpha value is -3.16. The van der Waals surface area contributed by atoms with Crippen molar-refractivity contribution in [1.29, 1.82) is 0 Å². The van der Waals surface area contributed by atoms with Crippen LogP contribution in [0.25, 0.3) is 0 Å². The van der Waals surface area contributed by atoms with E-state index in [0.29, 0.717) is 24.6 Å². The summed E-state index contributed by atoms with van der Waals surface area (Å²) >= 11 is 3.28. The molecule has 3 aromatic rings. The maximum Gasteiger partial charge on any atom is 0.353 e. The lowest BCUT2D eigenvalue weighted by atomic mass is 10.3. The summed E-state index contributed by atoms with van der Waals surface area (Å²) in [6.45, 7) is 4.24. The quantitative estimate of drug-likeness (QED) is 0.314. The van der Waals surface area contributed by atoms with Gasteiger partial charge in [0.1, 0.15) is 12.1 Å². The second kappa shape index (κ2) is 9.97. The van der Waals surface area contributed by atoms with Crippen molar-refractivity contribution < 1.29 is 13.3 Å². The van der Waals surface area contributed by atoms with Gasteiger partial charge in [-0.1, -0.05) is 13.8 Å². The van der Waals surface area contributed by atoms with Crippen molar-refractivity contribution in [2.45, 2.75) is 18.7 Å². The molecule has 11 nitrogen and oxygen atoms in total. The molecule has 0 saturated carbocycles. The Balaban J connectivity index is 1.89. The topological polar surface area (TPSA) is 143 Å². The van der Waals surface area contributed by atoms with Gasteiger partial charge in [0.2, 0.25) is 21.7 Å². The standard InChI is InChI=1S/C19H20BrN7O4S/c1-3-26(4-2)32(30,31)15-8-6-14(7-9-15)24-18-17(27(28)29)19(23-12-22-18)25-16-10-5-13(20)11-21-16/h5-12H,3-4H2,1-2H3,(H2,21,22,23,24,25). The molecule has 1 aromatic carbocycles. The van der Waals surface area contributed by atoms with Crippen molar-refractivity contribution in [3.05, 3.63) is 63.5 Å². The van der Waals surface area contributed by atoms with E-state index in [1.807, 2.05) is 0 Å². The second-order valence-electron chi connectivity index (χ2n) is 6.40. The molecule has 0 aliphatic rings. The van der Waals surface area contributed by atoms with Gasteiger partial charge in [0, 0.05) is 29.4 Å². The van der Waals surface area contributed by atoms with Crippen LogP contribution >= 0.6 is 15.9 Å². The van der Waals surface area contributed by atoms with Crippen molar-refractivity contribution >= 4 is 54.8 Å². The Kier molecular flexibility index (Phi) is 7.33. The highest BCUT2D eigenvalue weighted by molar-refractivity contribution is 9.10. The third kappa shape index (κ3) is 5.18. The molecule has 13 heteroatoms. The highest BCUT2D eigenvalue weighted by atomic mass is 79.9. The molecule has 0 unspecified atom stereocenters. The van der Waals surface area contributed by atoms with Crippen LogP contribution in [0.2, 0.25) is 0 Å². The number of halogens is 1. The number of nitrogens with one attached hydrogen (secondary N) is 2. The maximum absolute atomic E-state index is 12.6. The molecule has 0 aliphatic carbocycles. The van der Waals surface area contributed by atoms with Gasteiger partial charge in [-0.25, -0.2) is 23.4 Å². The van der Waals surface area contributed by atoms with Crippen LogP contribution in [-0.4, -0.2) is 45.7 Å². The summed E-state index contributed by atoms with van der Waals surface area (Å²) in [6, 6.07) is 9.28. The van der Waals surface area contributed by atoms with E-state index in [-0.39, 0.29) is 22.2 Å². The third-order valence-electron chi connectivity index (χ3n) is 4.44. The van der Waals surface area contributed by atoms with Crippen LogP contribution in [0.1, 0.15) is 13.8 Å². The summed E-state index contributed by atoms with van der Waals surface area (Å²) in [6.07, 6.45) is 2.72. The Morgan fingerprint density at radius 1 is 1.00 bits per heavy atom. The van der Waals surface area contributed by atoms with Crippen LogP contribution in [0.4, 0.5) is 28.8 Å². The molecule has 2 heterocycles. The molecule has 0 bridgehead atoms. The fourth-order valence-corrected chi connectivity index (χ4v) is 4.56. The fourth-order valence-electron chi connectivity index (χ4n) is 2.87. The van der Waals surface area contributed by atoms with Crippen LogP contribution < -0.4 is 10.6 Å². The zero-order valence-electron chi connectivity index (χ0n) is 17.2. The molecule has 0 fully saturated rings. The summed E-state index contributed by atoms with van der Waals surface area (Å²) in [7, 11) is -3.61. The number of aromatic nitrogens is 3. The average Bonchev–Trinajstić information content (AvgIpc) is 2.76. The normalized spacial score (nSPS) is 11.4. The summed E-state index contributed by atoms with van der Waals surface area (Å²) in [4.78, 5) is 23.3. The molecular weight excluding hydrogens is 502 g/mol. The molecule has 0 atom stereocenters. The van der Waals surface area contributed by atoms with E-state index >= 15 is 0 Å². The molecule has 2 aromatic heterocycles. The van der Waals surface area contributed by atoms with Crippen molar-refractivity contribution in [3.8, 4) is 0 Å². The number of anilines is 4. The SMILES string of the molecule is CCN(CC)S(=O)(=O)c1ccc(Nc2ncnc(Nc3ccc(Br)cn3)c2[N+](=O)[O-])cc1. The third-order valence-corrected chi connectivity index (χ3v) is 6.97. The minimum Gasteiger partial charge on any atom is -0.334 e. The van der Waals surface area contributed by atoms with Crippen LogP contribution in [0, 0.1) is 10.1 Å². The van der Waals surface area contributed by atoms with Gasteiger partial charge < -0.3 is 10.6 Å². The van der Waals surface area contributed by atoms with Gasteiger partial charge in [-0.2, -0.15) is 4.31 Å². The Morgan fingerprint density at radius 3 is 2.16 bits per heavy atom. The molecule has 168 valence electrons. The highest BCUT2D eigenvalue weighted by Gasteiger charge is 2.24. The molecular formula is C19H20BrN7O4S. The Bertz CT molecular complexity index is 1200. The average molecular weight is 522 g/mol. The minimum atomic E-state index is -3.61. The minimum absolute atomic E-state index is 0.0388. The van der Waals surface area contributed by atoms with Crippen molar-refractivity contribution in [2.24, 2.45) is 0 Å². The molecule has 0 radical (unpaired) electrons. The van der Waals surface area contributed by atoms with E-state index in [4.69, 9.17) is 0 Å². The van der Waals surface area contributed by atoms with Gasteiger partial charge in [0.25, 0.3) is 0 Å². The number of nitro groups is 1. The van der Waals surface area contributed by atoms with Crippen LogP contribution in [0.5, 0.6) is 0 Å². The van der Waals surface area contributed by atoms with E-state index < -0.39 is 14.9 Å². The number of pyridine rings is 1. The lowest BCUT2D eigenvalue weighted by Gasteiger charge is -2.18. The smallest absolute Gasteiger partial charge is 0.334 e. The number of rotatable bonds is 9. The summed E-state index contributed by atoms with van der Waals surface area (Å²) < 4.78 is 27.4. The molecule has 3 rings (SSSR count). The van der Waals surface area contributed by atoms with Gasteiger partial charge in [0.15, 0.2) is 0 Å². The van der Waals surface area contributed by atoms with Gasteiger partial charge in [-0.05, 0) is 52.3 Å². The lowest BCUT2D eigenvalue weighted by molar-refractivity contribution is -0.383. The predicted octanol–water partition coefficient (Wildman–Crippen LogP) is 4.06. The van der Waals surface area contributed by atoms with Gasteiger partial charge >= 0.3 is 5.69 Å². The van der Waals surface area contributed by atoms with Gasteiger partial charge in [-0.3, -0.25) is 10.1 Å². The molecule has 32 heavy (non-hydrogen) atoms. The number of sulfonamides is 1. The van der Waals surface area contributed by atoms with Crippen molar-refractivity contribution in [3.63, 3.8) is 0 Å². The van der Waals surface area contributed by atoms with E-state index in [0.717, 1.165) is 4.47 Å². The number of hydrogen-bond donors (Lipinski definition) is 2. The largest absolute Gasteiger partial charge is 0.353 e. The molecule has 0 aliphatic heterocycles. The van der Waals surface area contributed by atoms with Crippen LogP contribution in [-0.2, 0) is 10.0 Å². The Labute approximate surface area is 193 Å². The number of nitrogens with zero attached hydrogens (tertiary/aromatic N) is 5. The fraction of sp³-hybridized carbons (Fsp3) is 0.211. The first kappa shape index (κ1) is 23.5.